The van der Waals surface area contributed by atoms with Crippen molar-refractivity contribution in [3.8, 4) is 0 Å². The van der Waals surface area contributed by atoms with Crippen molar-refractivity contribution in [3.63, 3.8) is 0 Å². The topological polar surface area (TPSA) is 56.8 Å². The highest BCUT2D eigenvalue weighted by molar-refractivity contribution is 7.18. The molecule has 0 saturated carbocycles. The zero-order chi connectivity index (χ0) is 21.2. The van der Waals surface area contributed by atoms with Gasteiger partial charge in [0.1, 0.15) is 5.01 Å². The summed E-state index contributed by atoms with van der Waals surface area (Å²) in [5, 5.41) is 3.07. The van der Waals surface area contributed by atoms with Crippen LogP contribution in [0.1, 0.15) is 27.5 Å². The summed E-state index contributed by atoms with van der Waals surface area (Å²) < 4.78 is 1.23. The van der Waals surface area contributed by atoms with Gasteiger partial charge >= 0.3 is 0 Å². The van der Waals surface area contributed by atoms with E-state index in [0.717, 1.165) is 61.0 Å². The van der Waals surface area contributed by atoms with E-state index in [1.165, 1.54) is 16.0 Å². The third kappa shape index (κ3) is 4.51. The molecule has 8 heteroatoms. The zero-order valence-electron chi connectivity index (χ0n) is 17.4. The van der Waals surface area contributed by atoms with E-state index in [0.29, 0.717) is 13.1 Å². The lowest BCUT2D eigenvalue weighted by molar-refractivity contribution is -0.138. The first-order chi connectivity index (χ1) is 15.2. The smallest absolute Gasteiger partial charge is 0.263 e. The molecule has 0 unspecified atom stereocenters. The van der Waals surface area contributed by atoms with Gasteiger partial charge in [0.2, 0.25) is 5.91 Å². The average Bonchev–Trinajstić information content (AvgIpc) is 3.48. The number of nitrogens with zero attached hydrogens (tertiary/aromatic N) is 4. The number of thiazole rings is 1. The molecule has 2 amide bonds. The first-order valence-electron chi connectivity index (χ1n) is 10.9. The number of likely N-dealkylation sites (tertiary alicyclic amines) is 1. The third-order valence-electron chi connectivity index (χ3n) is 6.24. The van der Waals surface area contributed by atoms with Gasteiger partial charge in [-0.05, 0) is 36.4 Å². The summed E-state index contributed by atoms with van der Waals surface area (Å²) in [5.74, 6) is 0.412. The van der Waals surface area contributed by atoms with Gasteiger partial charge in [0.25, 0.3) is 5.91 Å². The molecule has 3 aromatic rings. The molecule has 162 valence electrons. The van der Waals surface area contributed by atoms with Crippen LogP contribution in [0.5, 0.6) is 0 Å². The summed E-state index contributed by atoms with van der Waals surface area (Å²) in [5.41, 5.74) is 1.07. The Balaban J connectivity index is 1.10. The van der Waals surface area contributed by atoms with Crippen molar-refractivity contribution >= 4 is 44.7 Å². The summed E-state index contributed by atoms with van der Waals surface area (Å²) in [6.07, 6.45) is 1.53. The molecule has 0 spiro atoms. The molecule has 2 aromatic heterocycles. The Bertz CT molecular complexity index is 1020. The number of carbonyl (C=O) groups is 2. The van der Waals surface area contributed by atoms with Crippen molar-refractivity contribution in [1.82, 2.24) is 19.7 Å². The quantitative estimate of drug-likeness (QED) is 0.605. The maximum absolute atomic E-state index is 13.0. The highest BCUT2D eigenvalue weighted by atomic mass is 32.1. The van der Waals surface area contributed by atoms with Gasteiger partial charge in [0, 0.05) is 45.2 Å². The predicted molar refractivity (Wildman–Crippen MR) is 124 cm³/mol. The minimum Gasteiger partial charge on any atom is -0.340 e. The number of para-hydroxylation sites is 1. The number of amides is 2. The number of hydrogen-bond acceptors (Lipinski definition) is 6. The van der Waals surface area contributed by atoms with Crippen LogP contribution in [0.3, 0.4) is 0 Å². The second kappa shape index (κ2) is 9.06. The highest BCUT2D eigenvalue weighted by Crippen LogP contribution is 2.25. The molecule has 0 aliphatic carbocycles. The molecule has 2 aliphatic rings. The van der Waals surface area contributed by atoms with Gasteiger partial charge < -0.3 is 9.80 Å². The number of rotatable bonds is 4. The second-order valence-electron chi connectivity index (χ2n) is 8.22. The van der Waals surface area contributed by atoms with Gasteiger partial charge in [-0.3, -0.25) is 14.5 Å². The lowest BCUT2D eigenvalue weighted by Gasteiger charge is -2.38. The number of aromatic nitrogens is 1. The van der Waals surface area contributed by atoms with E-state index < -0.39 is 0 Å². The van der Waals surface area contributed by atoms with Gasteiger partial charge in [0.05, 0.1) is 21.6 Å². The fourth-order valence-electron chi connectivity index (χ4n) is 4.45. The van der Waals surface area contributed by atoms with Crippen LogP contribution in [0, 0.1) is 5.92 Å². The number of fused-ring (bicyclic) bond motifs is 1. The second-order valence-corrected chi connectivity index (χ2v) is 10.3. The van der Waals surface area contributed by atoms with Crippen LogP contribution in [-0.2, 0) is 11.3 Å². The number of thiophene rings is 1. The van der Waals surface area contributed by atoms with Crippen molar-refractivity contribution in [1.29, 1.82) is 0 Å². The average molecular weight is 455 g/mol. The molecule has 4 heterocycles. The standard InChI is InChI=1S/C23H26N4O2S2/c28-22(17-7-9-26(10-8-17)23(29)20-6-3-15-30-20)27-13-11-25(12-14-27)16-21-24-18-4-1-2-5-19(18)31-21/h1-6,15,17H,7-14,16H2. The Kier molecular flexibility index (Phi) is 6.02. The first kappa shape index (κ1) is 20.6. The number of carbonyl (C=O) groups excluding carboxylic acids is 2. The first-order valence-corrected chi connectivity index (χ1v) is 12.6. The molecule has 0 N–H and O–H groups in total. The molecule has 1 aromatic carbocycles. The Hall–Kier alpha value is -2.29. The molecule has 0 atom stereocenters. The number of benzene rings is 1. The molecule has 2 aliphatic heterocycles. The zero-order valence-corrected chi connectivity index (χ0v) is 19.0. The number of piperazine rings is 1. The molecule has 0 radical (unpaired) electrons. The van der Waals surface area contributed by atoms with Crippen LogP contribution in [0.15, 0.2) is 41.8 Å². The van der Waals surface area contributed by atoms with Crippen molar-refractivity contribution in [3.05, 3.63) is 51.7 Å². The normalized spacial score (nSPS) is 18.6. The van der Waals surface area contributed by atoms with Crippen molar-refractivity contribution in [2.24, 2.45) is 5.92 Å². The molecule has 0 bridgehead atoms. The third-order valence-corrected chi connectivity index (χ3v) is 8.12. The Morgan fingerprint density at radius 1 is 0.935 bits per heavy atom. The molecule has 2 fully saturated rings. The minimum absolute atomic E-state index is 0.0446. The van der Waals surface area contributed by atoms with Crippen LogP contribution in [0.25, 0.3) is 10.2 Å². The van der Waals surface area contributed by atoms with Gasteiger partial charge in [0.15, 0.2) is 0 Å². The predicted octanol–water partition coefficient (Wildman–Crippen LogP) is 3.55. The fraction of sp³-hybridized carbons (Fsp3) is 0.435. The van der Waals surface area contributed by atoms with Gasteiger partial charge in [-0.2, -0.15) is 0 Å². The van der Waals surface area contributed by atoms with Crippen LogP contribution < -0.4 is 0 Å². The molecule has 31 heavy (non-hydrogen) atoms. The van der Waals surface area contributed by atoms with Crippen LogP contribution in [0.4, 0.5) is 0 Å². The number of hydrogen-bond donors (Lipinski definition) is 0. The van der Waals surface area contributed by atoms with Crippen molar-refractivity contribution < 1.29 is 9.59 Å². The maximum atomic E-state index is 13.0. The highest BCUT2D eigenvalue weighted by Gasteiger charge is 2.32. The Labute approximate surface area is 190 Å². The maximum Gasteiger partial charge on any atom is 0.263 e. The van der Waals surface area contributed by atoms with E-state index in [1.54, 1.807) is 11.3 Å². The van der Waals surface area contributed by atoms with Crippen LogP contribution >= 0.6 is 22.7 Å². The van der Waals surface area contributed by atoms with Gasteiger partial charge in [-0.25, -0.2) is 4.98 Å². The monoisotopic (exact) mass is 454 g/mol. The molecular weight excluding hydrogens is 428 g/mol. The number of piperidine rings is 1. The lowest BCUT2D eigenvalue weighted by Crippen LogP contribution is -2.51. The van der Waals surface area contributed by atoms with E-state index in [4.69, 9.17) is 4.98 Å². The van der Waals surface area contributed by atoms with E-state index in [9.17, 15) is 9.59 Å². The Morgan fingerprint density at radius 3 is 2.42 bits per heavy atom. The summed E-state index contributed by atoms with van der Waals surface area (Å²) in [6, 6.07) is 12.0. The van der Waals surface area contributed by atoms with Crippen molar-refractivity contribution in [2.75, 3.05) is 39.3 Å². The fourth-order valence-corrected chi connectivity index (χ4v) is 6.15. The summed E-state index contributed by atoms with van der Waals surface area (Å²) >= 11 is 3.24. The summed E-state index contributed by atoms with van der Waals surface area (Å²) in [7, 11) is 0. The molecular formula is C23H26N4O2S2. The van der Waals surface area contributed by atoms with Crippen LogP contribution in [-0.4, -0.2) is 70.8 Å². The lowest BCUT2D eigenvalue weighted by atomic mass is 9.95. The molecule has 5 rings (SSSR count). The summed E-state index contributed by atoms with van der Waals surface area (Å²) in [6.45, 7) is 5.52. The minimum atomic E-state index is 0.0446. The molecule has 2 saturated heterocycles. The van der Waals surface area contributed by atoms with E-state index in [2.05, 4.69) is 23.1 Å². The van der Waals surface area contributed by atoms with Gasteiger partial charge in [-0.1, -0.05) is 18.2 Å². The largest absolute Gasteiger partial charge is 0.340 e. The van der Waals surface area contributed by atoms with E-state index in [-0.39, 0.29) is 17.7 Å². The summed E-state index contributed by atoms with van der Waals surface area (Å²) in [4.78, 5) is 37.4. The SMILES string of the molecule is O=C(c1cccs1)N1CCC(C(=O)N2CCN(Cc3nc4ccccc4s3)CC2)CC1. The van der Waals surface area contributed by atoms with Crippen LogP contribution in [0.2, 0.25) is 0 Å². The van der Waals surface area contributed by atoms with E-state index >= 15 is 0 Å². The Morgan fingerprint density at radius 2 is 1.71 bits per heavy atom. The van der Waals surface area contributed by atoms with Gasteiger partial charge in [-0.15, -0.1) is 22.7 Å². The molecule has 6 nitrogen and oxygen atoms in total. The van der Waals surface area contributed by atoms with Crippen molar-refractivity contribution in [2.45, 2.75) is 19.4 Å². The van der Waals surface area contributed by atoms with E-state index in [1.807, 2.05) is 33.4 Å².